The molecule has 1 fully saturated rings. The summed E-state index contributed by atoms with van der Waals surface area (Å²) in [6.45, 7) is 4.59. The number of rotatable bonds is 7. The van der Waals surface area contributed by atoms with E-state index in [2.05, 4.69) is 10.2 Å². The van der Waals surface area contributed by atoms with Gasteiger partial charge in [0.2, 0.25) is 5.91 Å². The van der Waals surface area contributed by atoms with Crippen LogP contribution in [0.1, 0.15) is 6.92 Å². The number of carbonyl (C=O) groups is 2. The summed E-state index contributed by atoms with van der Waals surface area (Å²) in [5.41, 5.74) is 1.74. The van der Waals surface area contributed by atoms with E-state index in [1.807, 2.05) is 24.3 Å². The Balaban J connectivity index is 1.48. The van der Waals surface area contributed by atoms with Crippen molar-refractivity contribution < 1.29 is 23.5 Å². The van der Waals surface area contributed by atoms with Crippen LogP contribution >= 0.6 is 0 Å². The highest BCUT2D eigenvalue weighted by Gasteiger charge is 2.21. The van der Waals surface area contributed by atoms with E-state index in [-0.39, 0.29) is 24.2 Å². The van der Waals surface area contributed by atoms with Crippen molar-refractivity contribution in [1.29, 1.82) is 0 Å². The van der Waals surface area contributed by atoms with Gasteiger partial charge in [-0.15, -0.1) is 0 Å². The van der Waals surface area contributed by atoms with E-state index in [1.54, 1.807) is 6.92 Å². The molecule has 2 aromatic carbocycles. The van der Waals surface area contributed by atoms with E-state index in [1.165, 1.54) is 36.2 Å². The lowest BCUT2D eigenvalue weighted by atomic mass is 10.2. The Hall–Kier alpha value is -3.13. The third-order valence-electron chi connectivity index (χ3n) is 4.76. The lowest BCUT2D eigenvalue weighted by molar-refractivity contribution is -0.139. The van der Waals surface area contributed by atoms with Crippen LogP contribution in [0.3, 0.4) is 0 Å². The van der Waals surface area contributed by atoms with Gasteiger partial charge in [-0.3, -0.25) is 9.59 Å². The minimum Gasteiger partial charge on any atom is -0.481 e. The largest absolute Gasteiger partial charge is 0.481 e. The molecule has 7 nitrogen and oxygen atoms in total. The van der Waals surface area contributed by atoms with Crippen molar-refractivity contribution in [2.75, 3.05) is 50.1 Å². The van der Waals surface area contributed by atoms with Crippen molar-refractivity contribution in [1.82, 2.24) is 4.90 Å². The van der Waals surface area contributed by atoms with Crippen LogP contribution in [-0.2, 0) is 14.3 Å². The second kappa shape index (κ2) is 10.1. The van der Waals surface area contributed by atoms with Crippen LogP contribution in [-0.4, -0.2) is 62.7 Å². The molecule has 1 saturated heterocycles. The second-order valence-electron chi connectivity index (χ2n) is 7.10. The average Bonchev–Trinajstić information content (AvgIpc) is 2.75. The van der Waals surface area contributed by atoms with Crippen molar-refractivity contribution in [3.05, 3.63) is 54.3 Å². The zero-order chi connectivity index (χ0) is 21.5. The van der Waals surface area contributed by atoms with Crippen molar-refractivity contribution in [2.45, 2.75) is 13.0 Å². The summed E-state index contributed by atoms with van der Waals surface area (Å²) in [7, 11) is 1.54. The molecule has 0 aromatic heterocycles. The molecule has 0 aliphatic carbocycles. The van der Waals surface area contributed by atoms with E-state index >= 15 is 0 Å². The SMILES string of the molecule is C[C@@H](Oc1ccc(F)cc1)C(=O)N(C)CC(=O)Nc1ccc(N2CCOCC2)cc1. The van der Waals surface area contributed by atoms with Crippen LogP contribution in [0.4, 0.5) is 15.8 Å². The molecule has 0 bridgehead atoms. The summed E-state index contributed by atoms with van der Waals surface area (Å²) >= 11 is 0. The standard InChI is InChI=1S/C22H26FN3O4/c1-16(30-20-9-3-17(23)4-10-20)22(28)25(2)15-21(27)24-18-5-7-19(8-6-18)26-11-13-29-14-12-26/h3-10,16H,11-15H2,1-2H3,(H,24,27)/t16-/m1/s1. The fraction of sp³-hybridized carbons (Fsp3) is 0.364. The van der Waals surface area contributed by atoms with Gasteiger partial charge in [0.25, 0.3) is 5.91 Å². The molecule has 160 valence electrons. The van der Waals surface area contributed by atoms with Crippen LogP contribution in [0, 0.1) is 5.82 Å². The first-order valence-electron chi connectivity index (χ1n) is 9.82. The molecule has 1 aliphatic heterocycles. The number of anilines is 2. The number of benzene rings is 2. The molecule has 1 N–H and O–H groups in total. The van der Waals surface area contributed by atoms with Gasteiger partial charge in [-0.2, -0.15) is 0 Å². The quantitative estimate of drug-likeness (QED) is 0.753. The van der Waals surface area contributed by atoms with Gasteiger partial charge in [0.1, 0.15) is 11.6 Å². The van der Waals surface area contributed by atoms with Crippen LogP contribution in [0.25, 0.3) is 0 Å². The summed E-state index contributed by atoms with van der Waals surface area (Å²) in [5, 5.41) is 2.79. The number of amides is 2. The van der Waals surface area contributed by atoms with Gasteiger partial charge in [-0.1, -0.05) is 0 Å². The maximum absolute atomic E-state index is 13.0. The topological polar surface area (TPSA) is 71.1 Å². The maximum atomic E-state index is 13.0. The number of nitrogens with one attached hydrogen (secondary N) is 1. The van der Waals surface area contributed by atoms with Crippen molar-refractivity contribution >= 4 is 23.2 Å². The lowest BCUT2D eigenvalue weighted by Gasteiger charge is -2.29. The van der Waals surface area contributed by atoms with Gasteiger partial charge in [0.15, 0.2) is 6.10 Å². The minimum absolute atomic E-state index is 0.110. The molecule has 0 spiro atoms. The molecule has 1 heterocycles. The van der Waals surface area contributed by atoms with Crippen LogP contribution < -0.4 is 15.0 Å². The molecule has 2 amide bonds. The van der Waals surface area contributed by atoms with Crippen molar-refractivity contribution in [2.24, 2.45) is 0 Å². The molecule has 0 saturated carbocycles. The number of morpholine rings is 1. The molecule has 1 atom stereocenters. The van der Waals surface area contributed by atoms with Gasteiger partial charge < -0.3 is 24.6 Å². The molecule has 3 rings (SSSR count). The Morgan fingerprint density at radius 1 is 1.13 bits per heavy atom. The average molecular weight is 415 g/mol. The van der Waals surface area contributed by atoms with Crippen molar-refractivity contribution in [3.8, 4) is 5.75 Å². The predicted octanol–water partition coefficient (Wildman–Crippen LogP) is 2.53. The number of likely N-dealkylation sites (N-methyl/N-ethyl adjacent to an activating group) is 1. The summed E-state index contributed by atoms with van der Waals surface area (Å²) < 4.78 is 23.8. The summed E-state index contributed by atoms with van der Waals surface area (Å²) in [5.74, 6) is -0.653. The Labute approximate surface area is 175 Å². The van der Waals surface area contributed by atoms with Gasteiger partial charge >= 0.3 is 0 Å². The molecule has 0 radical (unpaired) electrons. The zero-order valence-electron chi connectivity index (χ0n) is 17.1. The molecule has 1 aliphatic rings. The molecule has 2 aromatic rings. The van der Waals surface area contributed by atoms with Gasteiger partial charge in [0, 0.05) is 31.5 Å². The normalized spacial score (nSPS) is 14.7. The minimum atomic E-state index is -0.805. The first-order chi connectivity index (χ1) is 14.4. The van der Waals surface area contributed by atoms with Gasteiger partial charge in [-0.25, -0.2) is 4.39 Å². The Bertz CT molecular complexity index is 852. The van der Waals surface area contributed by atoms with E-state index in [4.69, 9.17) is 9.47 Å². The second-order valence-corrected chi connectivity index (χ2v) is 7.10. The molecule has 30 heavy (non-hydrogen) atoms. The number of hydrogen-bond acceptors (Lipinski definition) is 5. The lowest BCUT2D eigenvalue weighted by Crippen LogP contribution is -2.42. The molecular weight excluding hydrogens is 389 g/mol. The fourth-order valence-electron chi connectivity index (χ4n) is 3.15. The number of ether oxygens (including phenoxy) is 2. The summed E-state index contributed by atoms with van der Waals surface area (Å²) in [4.78, 5) is 28.3. The highest BCUT2D eigenvalue weighted by molar-refractivity contribution is 5.95. The number of nitrogens with zero attached hydrogens (tertiary/aromatic N) is 2. The molecule has 8 heteroatoms. The third-order valence-corrected chi connectivity index (χ3v) is 4.76. The highest BCUT2D eigenvalue weighted by atomic mass is 19.1. The van der Waals surface area contributed by atoms with E-state index in [0.717, 1.165) is 18.8 Å². The zero-order valence-corrected chi connectivity index (χ0v) is 17.1. The first kappa shape index (κ1) is 21.6. The number of hydrogen-bond donors (Lipinski definition) is 1. The van der Waals surface area contributed by atoms with Crippen LogP contribution in [0.15, 0.2) is 48.5 Å². The Morgan fingerprint density at radius 3 is 2.40 bits per heavy atom. The third kappa shape index (κ3) is 5.93. The maximum Gasteiger partial charge on any atom is 0.263 e. The fourth-order valence-corrected chi connectivity index (χ4v) is 3.15. The monoisotopic (exact) mass is 415 g/mol. The predicted molar refractivity (Wildman–Crippen MR) is 112 cm³/mol. The molecular formula is C22H26FN3O4. The summed E-state index contributed by atoms with van der Waals surface area (Å²) in [6.07, 6.45) is -0.805. The summed E-state index contributed by atoms with van der Waals surface area (Å²) in [6, 6.07) is 13.0. The van der Waals surface area contributed by atoms with Crippen LogP contribution in [0.2, 0.25) is 0 Å². The van der Waals surface area contributed by atoms with E-state index < -0.39 is 6.10 Å². The van der Waals surface area contributed by atoms with Gasteiger partial charge in [0.05, 0.1) is 19.8 Å². The van der Waals surface area contributed by atoms with Crippen molar-refractivity contribution in [3.63, 3.8) is 0 Å². The molecule has 0 unspecified atom stereocenters. The number of carbonyl (C=O) groups excluding carboxylic acids is 2. The Morgan fingerprint density at radius 2 is 1.77 bits per heavy atom. The first-order valence-corrected chi connectivity index (χ1v) is 9.82. The smallest absolute Gasteiger partial charge is 0.263 e. The van der Waals surface area contributed by atoms with Gasteiger partial charge in [-0.05, 0) is 55.5 Å². The van der Waals surface area contributed by atoms with E-state index in [9.17, 15) is 14.0 Å². The van der Waals surface area contributed by atoms with E-state index in [0.29, 0.717) is 24.7 Å². The number of halogens is 1. The highest BCUT2D eigenvalue weighted by Crippen LogP contribution is 2.19. The van der Waals surface area contributed by atoms with Crippen LogP contribution in [0.5, 0.6) is 5.75 Å². The Kier molecular flexibility index (Phi) is 7.24.